The Kier molecular flexibility index (Phi) is 8.71. The van der Waals surface area contributed by atoms with Crippen LogP contribution in [0.5, 0.6) is 0 Å². The van der Waals surface area contributed by atoms with Crippen LogP contribution in [0.1, 0.15) is 43.1 Å². The lowest BCUT2D eigenvalue weighted by atomic mass is 10.1. The number of carbonyl (C=O) groups is 3. The maximum atomic E-state index is 12.5. The molecule has 2 aromatic carbocycles. The van der Waals surface area contributed by atoms with Crippen molar-refractivity contribution in [1.82, 2.24) is 10.6 Å². The van der Waals surface area contributed by atoms with Crippen molar-refractivity contribution in [2.75, 3.05) is 11.9 Å². The summed E-state index contributed by atoms with van der Waals surface area (Å²) in [4.78, 5) is 36.2. The minimum absolute atomic E-state index is 0.0943. The topological polar surface area (TPSA) is 96.5 Å². The molecule has 166 valence electrons. The minimum atomic E-state index is -0.599. The number of hydrogen-bond acceptors (Lipinski definition) is 4. The Labute approximate surface area is 191 Å². The maximum absolute atomic E-state index is 12.5. The summed E-state index contributed by atoms with van der Waals surface area (Å²) in [5.41, 5.74) is 1.05. The van der Waals surface area contributed by atoms with Crippen LogP contribution in [0.2, 0.25) is 10.0 Å². The van der Waals surface area contributed by atoms with Crippen molar-refractivity contribution in [3.63, 3.8) is 0 Å². The fourth-order valence-electron chi connectivity index (χ4n) is 2.50. The van der Waals surface area contributed by atoms with Crippen LogP contribution in [-0.2, 0) is 16.1 Å². The number of amides is 3. The normalized spacial score (nSPS) is 10.9. The monoisotopic (exact) mass is 465 g/mol. The smallest absolute Gasteiger partial charge is 0.407 e. The number of alkyl carbamates (subject to hydrolysis) is 1. The molecule has 0 aromatic heterocycles. The highest BCUT2D eigenvalue weighted by atomic mass is 35.5. The summed E-state index contributed by atoms with van der Waals surface area (Å²) in [5, 5.41) is 8.77. The van der Waals surface area contributed by atoms with Crippen LogP contribution in [0.4, 0.5) is 10.5 Å². The third kappa shape index (κ3) is 8.47. The third-order valence-electron chi connectivity index (χ3n) is 3.94. The van der Waals surface area contributed by atoms with Gasteiger partial charge in [0, 0.05) is 30.8 Å². The van der Waals surface area contributed by atoms with E-state index in [4.69, 9.17) is 27.9 Å². The van der Waals surface area contributed by atoms with E-state index < -0.39 is 11.7 Å². The molecule has 0 bridgehead atoms. The van der Waals surface area contributed by atoms with E-state index in [0.29, 0.717) is 16.3 Å². The van der Waals surface area contributed by atoms with E-state index in [1.807, 2.05) is 0 Å². The predicted molar refractivity (Wildman–Crippen MR) is 122 cm³/mol. The van der Waals surface area contributed by atoms with Crippen LogP contribution < -0.4 is 16.0 Å². The van der Waals surface area contributed by atoms with Gasteiger partial charge < -0.3 is 20.7 Å². The zero-order chi connectivity index (χ0) is 23.0. The fraction of sp³-hybridized carbons (Fsp3) is 0.318. The van der Waals surface area contributed by atoms with Gasteiger partial charge in [-0.1, -0.05) is 41.4 Å². The molecule has 0 aliphatic heterocycles. The van der Waals surface area contributed by atoms with Gasteiger partial charge in [-0.15, -0.1) is 0 Å². The molecule has 0 radical (unpaired) electrons. The van der Waals surface area contributed by atoms with Gasteiger partial charge in [-0.25, -0.2) is 4.79 Å². The molecule has 7 nitrogen and oxygen atoms in total. The van der Waals surface area contributed by atoms with Gasteiger partial charge in [0.25, 0.3) is 5.91 Å². The zero-order valence-electron chi connectivity index (χ0n) is 17.6. The van der Waals surface area contributed by atoms with Crippen molar-refractivity contribution in [3.05, 3.63) is 63.6 Å². The van der Waals surface area contributed by atoms with Crippen molar-refractivity contribution < 1.29 is 19.1 Å². The lowest BCUT2D eigenvalue weighted by Crippen LogP contribution is -2.35. The van der Waals surface area contributed by atoms with Crippen LogP contribution in [0.25, 0.3) is 0 Å². The second kappa shape index (κ2) is 11.0. The number of para-hydroxylation sites is 1. The summed E-state index contributed by atoms with van der Waals surface area (Å²) in [6, 6.07) is 11.7. The van der Waals surface area contributed by atoms with Crippen molar-refractivity contribution in [2.45, 2.75) is 39.3 Å². The van der Waals surface area contributed by atoms with Crippen molar-refractivity contribution >= 4 is 46.8 Å². The molecular weight excluding hydrogens is 441 g/mol. The van der Waals surface area contributed by atoms with E-state index in [9.17, 15) is 14.4 Å². The Morgan fingerprint density at radius 2 is 1.68 bits per heavy atom. The zero-order valence-corrected chi connectivity index (χ0v) is 19.1. The largest absolute Gasteiger partial charge is 0.444 e. The number of rotatable bonds is 7. The summed E-state index contributed by atoms with van der Waals surface area (Å²) < 4.78 is 5.11. The van der Waals surface area contributed by atoms with Crippen molar-refractivity contribution in [1.29, 1.82) is 0 Å². The molecule has 3 amide bonds. The minimum Gasteiger partial charge on any atom is -0.444 e. The Hall–Kier alpha value is -2.77. The molecular formula is C22H25Cl2N3O4. The van der Waals surface area contributed by atoms with Gasteiger partial charge in [0.2, 0.25) is 5.91 Å². The SMILES string of the molecule is CC(C)(C)OC(=O)NCCC(=O)NCc1ccccc1NC(=O)c1ccc(Cl)c(Cl)c1. The summed E-state index contributed by atoms with van der Waals surface area (Å²) >= 11 is 11.9. The first-order chi connectivity index (χ1) is 14.5. The molecule has 0 aliphatic rings. The van der Waals surface area contributed by atoms with Crippen LogP contribution in [0.15, 0.2) is 42.5 Å². The third-order valence-corrected chi connectivity index (χ3v) is 4.68. The van der Waals surface area contributed by atoms with Gasteiger partial charge in [-0.05, 0) is 50.6 Å². The number of halogens is 2. The average Bonchev–Trinajstić information content (AvgIpc) is 2.68. The molecule has 0 spiro atoms. The molecule has 3 N–H and O–H groups in total. The number of nitrogens with one attached hydrogen (secondary N) is 3. The molecule has 0 saturated heterocycles. The second-order valence-electron chi connectivity index (χ2n) is 7.70. The van der Waals surface area contributed by atoms with E-state index in [-0.39, 0.29) is 36.3 Å². The standard InChI is InChI=1S/C22H25Cl2N3O4/c1-22(2,3)31-21(30)25-11-10-19(28)26-13-15-6-4-5-7-18(15)27-20(29)14-8-9-16(23)17(24)12-14/h4-9,12H,10-11,13H2,1-3H3,(H,25,30)(H,26,28)(H,27,29). The summed E-state index contributed by atoms with van der Waals surface area (Å²) in [5.74, 6) is -0.597. The van der Waals surface area contributed by atoms with Gasteiger partial charge in [-0.2, -0.15) is 0 Å². The molecule has 0 atom stereocenters. The van der Waals surface area contributed by atoms with Gasteiger partial charge in [0.1, 0.15) is 5.60 Å². The van der Waals surface area contributed by atoms with Crippen LogP contribution in [0, 0.1) is 0 Å². The van der Waals surface area contributed by atoms with E-state index in [1.54, 1.807) is 57.2 Å². The predicted octanol–water partition coefficient (Wildman–Crippen LogP) is 4.78. The quantitative estimate of drug-likeness (QED) is 0.548. The van der Waals surface area contributed by atoms with E-state index >= 15 is 0 Å². The first-order valence-electron chi connectivity index (χ1n) is 9.63. The first-order valence-corrected chi connectivity index (χ1v) is 10.4. The molecule has 0 aliphatic carbocycles. The fourth-order valence-corrected chi connectivity index (χ4v) is 2.80. The molecule has 0 heterocycles. The van der Waals surface area contributed by atoms with Crippen LogP contribution in [0.3, 0.4) is 0 Å². The molecule has 2 rings (SSSR count). The van der Waals surface area contributed by atoms with Crippen LogP contribution >= 0.6 is 23.2 Å². The molecule has 0 unspecified atom stereocenters. The Balaban J connectivity index is 1.87. The molecule has 31 heavy (non-hydrogen) atoms. The lowest BCUT2D eigenvalue weighted by Gasteiger charge is -2.19. The highest BCUT2D eigenvalue weighted by molar-refractivity contribution is 6.42. The summed E-state index contributed by atoms with van der Waals surface area (Å²) in [6.07, 6.45) is -0.479. The number of anilines is 1. The van der Waals surface area contributed by atoms with Gasteiger partial charge in [0.15, 0.2) is 0 Å². The average molecular weight is 466 g/mol. The Morgan fingerprint density at radius 1 is 0.968 bits per heavy atom. The van der Waals surface area contributed by atoms with E-state index in [2.05, 4.69) is 16.0 Å². The number of ether oxygens (including phenoxy) is 1. The maximum Gasteiger partial charge on any atom is 0.407 e. The van der Waals surface area contributed by atoms with Gasteiger partial charge >= 0.3 is 6.09 Å². The second-order valence-corrected chi connectivity index (χ2v) is 8.51. The van der Waals surface area contributed by atoms with E-state index in [0.717, 1.165) is 5.56 Å². The molecule has 0 saturated carbocycles. The number of benzene rings is 2. The molecule has 0 fully saturated rings. The summed E-state index contributed by atoms with van der Waals surface area (Å²) in [6.45, 7) is 5.64. The van der Waals surface area contributed by atoms with Crippen LogP contribution in [-0.4, -0.2) is 30.1 Å². The molecule has 2 aromatic rings. The van der Waals surface area contributed by atoms with Gasteiger partial charge in [-0.3, -0.25) is 9.59 Å². The lowest BCUT2D eigenvalue weighted by molar-refractivity contribution is -0.121. The highest BCUT2D eigenvalue weighted by Gasteiger charge is 2.16. The Bertz CT molecular complexity index is 958. The summed E-state index contributed by atoms with van der Waals surface area (Å²) in [7, 11) is 0. The Morgan fingerprint density at radius 3 is 2.35 bits per heavy atom. The molecule has 9 heteroatoms. The van der Waals surface area contributed by atoms with Gasteiger partial charge in [0.05, 0.1) is 10.0 Å². The van der Waals surface area contributed by atoms with Crippen molar-refractivity contribution in [3.8, 4) is 0 Å². The highest BCUT2D eigenvalue weighted by Crippen LogP contribution is 2.23. The van der Waals surface area contributed by atoms with E-state index in [1.165, 1.54) is 6.07 Å². The number of carbonyl (C=O) groups excluding carboxylic acids is 3. The number of hydrogen-bond donors (Lipinski definition) is 3. The van der Waals surface area contributed by atoms with Crippen molar-refractivity contribution in [2.24, 2.45) is 0 Å². The first kappa shape index (κ1) is 24.5.